The number of hydrogen-bond acceptors (Lipinski definition) is 5. The van der Waals surface area contributed by atoms with Gasteiger partial charge in [-0.25, -0.2) is 0 Å². The van der Waals surface area contributed by atoms with Gasteiger partial charge in [-0.05, 0) is 29.8 Å². The summed E-state index contributed by atoms with van der Waals surface area (Å²) >= 11 is 0. The van der Waals surface area contributed by atoms with Crippen LogP contribution in [0.1, 0.15) is 41.0 Å². The molecule has 2 aromatic carbocycles. The average molecular weight is 390 g/mol. The second kappa shape index (κ2) is 6.26. The van der Waals surface area contributed by atoms with Gasteiger partial charge in [0.05, 0.1) is 18.4 Å². The largest absolute Gasteiger partial charge is 0.495 e. The van der Waals surface area contributed by atoms with Crippen LogP contribution in [0.2, 0.25) is 0 Å². The molecule has 0 saturated carbocycles. The molecule has 1 saturated heterocycles. The molecule has 6 nitrogen and oxygen atoms in total. The van der Waals surface area contributed by atoms with Crippen LogP contribution in [0.15, 0.2) is 30.3 Å². The van der Waals surface area contributed by atoms with Crippen LogP contribution in [0.25, 0.3) is 10.9 Å². The minimum atomic E-state index is -0.346. The maximum absolute atomic E-state index is 13.6. The molecule has 29 heavy (non-hydrogen) atoms. The number of rotatable bonds is 2. The van der Waals surface area contributed by atoms with E-state index < -0.39 is 0 Å². The molecule has 0 atom stereocenters. The number of anilines is 2. The van der Waals surface area contributed by atoms with Gasteiger partial charge in [0.2, 0.25) is 0 Å². The fourth-order valence-corrected chi connectivity index (χ4v) is 4.78. The molecule has 0 spiro atoms. The summed E-state index contributed by atoms with van der Waals surface area (Å²) in [6.45, 7) is 8.06. The molecule has 1 aromatic heterocycles. The fourth-order valence-electron chi connectivity index (χ4n) is 4.78. The lowest BCUT2D eigenvalue weighted by Gasteiger charge is -2.36. The minimum absolute atomic E-state index is 0.0375. The monoisotopic (exact) mass is 390 g/mol. The molecule has 6 heteroatoms. The summed E-state index contributed by atoms with van der Waals surface area (Å²) in [6.07, 6.45) is 0. The van der Waals surface area contributed by atoms with Gasteiger partial charge < -0.3 is 25.7 Å². The number of fused-ring (bicyclic) bond motifs is 4. The van der Waals surface area contributed by atoms with Gasteiger partial charge in [-0.3, -0.25) is 4.79 Å². The van der Waals surface area contributed by atoms with Crippen molar-refractivity contribution in [2.45, 2.75) is 19.3 Å². The Morgan fingerprint density at radius 1 is 1.14 bits per heavy atom. The molecule has 2 heterocycles. The number of H-pyrrole nitrogens is 1. The summed E-state index contributed by atoms with van der Waals surface area (Å²) in [5.41, 5.74) is 11.7. The Morgan fingerprint density at radius 2 is 1.90 bits per heavy atom. The number of nitrogens with two attached hydrogens (primary N) is 1. The van der Waals surface area contributed by atoms with E-state index >= 15 is 0 Å². The summed E-state index contributed by atoms with van der Waals surface area (Å²) in [6, 6.07) is 9.76. The Labute approximate surface area is 170 Å². The van der Waals surface area contributed by atoms with Crippen molar-refractivity contribution >= 4 is 28.1 Å². The van der Waals surface area contributed by atoms with Crippen LogP contribution in [-0.2, 0) is 5.41 Å². The van der Waals surface area contributed by atoms with Crippen LogP contribution in [-0.4, -0.2) is 44.1 Å². The van der Waals surface area contributed by atoms with Gasteiger partial charge in [-0.15, -0.1) is 0 Å². The van der Waals surface area contributed by atoms with Gasteiger partial charge in [-0.2, -0.15) is 0 Å². The predicted molar refractivity (Wildman–Crippen MR) is 116 cm³/mol. The normalized spacial score (nSPS) is 17.9. The number of hydrogen-bond donors (Lipinski definition) is 3. The lowest BCUT2D eigenvalue weighted by molar-refractivity contribution is 0.103. The highest BCUT2D eigenvalue weighted by molar-refractivity contribution is 6.20. The van der Waals surface area contributed by atoms with Gasteiger partial charge in [0, 0.05) is 59.4 Å². The number of nitrogen functional groups attached to an aromatic ring is 1. The molecular weight excluding hydrogens is 364 g/mol. The Kier molecular flexibility index (Phi) is 3.90. The highest BCUT2D eigenvalue weighted by Gasteiger charge is 2.40. The van der Waals surface area contributed by atoms with E-state index in [2.05, 4.69) is 35.1 Å². The number of nitrogens with zero attached hydrogens (tertiary/aromatic N) is 1. The van der Waals surface area contributed by atoms with Crippen molar-refractivity contribution in [2.75, 3.05) is 43.9 Å². The van der Waals surface area contributed by atoms with Crippen LogP contribution >= 0.6 is 0 Å². The maximum atomic E-state index is 13.6. The number of carbonyl (C=O) groups is 1. The van der Waals surface area contributed by atoms with Crippen LogP contribution < -0.4 is 20.7 Å². The smallest absolute Gasteiger partial charge is 0.195 e. The molecule has 0 unspecified atom stereocenters. The summed E-state index contributed by atoms with van der Waals surface area (Å²) in [4.78, 5) is 19.4. The van der Waals surface area contributed by atoms with Crippen molar-refractivity contribution in [1.29, 1.82) is 0 Å². The Bertz CT molecular complexity index is 1140. The molecule has 150 valence electrons. The first kappa shape index (κ1) is 18.1. The number of ether oxygens (including phenoxy) is 1. The summed E-state index contributed by atoms with van der Waals surface area (Å²) in [5.74, 6) is 0.790. The summed E-state index contributed by atoms with van der Waals surface area (Å²) in [5, 5.41) is 4.31. The Balaban J connectivity index is 1.74. The van der Waals surface area contributed by atoms with Crippen molar-refractivity contribution in [1.82, 2.24) is 10.3 Å². The molecule has 0 bridgehead atoms. The molecule has 1 aliphatic carbocycles. The highest BCUT2D eigenvalue weighted by atomic mass is 16.5. The molecular formula is C23H26N4O2. The van der Waals surface area contributed by atoms with E-state index in [1.54, 1.807) is 7.11 Å². The SMILES string of the molecule is COc1cc2c(cc1N1CCNCC1)C(C)(C)c1[nH]c3cc(N)ccc3c1C2=O. The van der Waals surface area contributed by atoms with Crippen molar-refractivity contribution in [3.8, 4) is 5.75 Å². The quantitative estimate of drug-likeness (QED) is 0.586. The first-order valence-electron chi connectivity index (χ1n) is 10.1. The third kappa shape index (κ3) is 2.55. The lowest BCUT2D eigenvalue weighted by Crippen LogP contribution is -2.44. The molecule has 0 radical (unpaired) electrons. The first-order chi connectivity index (χ1) is 13.9. The van der Waals surface area contributed by atoms with Crippen LogP contribution in [0.3, 0.4) is 0 Å². The third-order valence-electron chi connectivity index (χ3n) is 6.37. The van der Waals surface area contributed by atoms with Gasteiger partial charge in [0.1, 0.15) is 5.75 Å². The minimum Gasteiger partial charge on any atom is -0.495 e. The maximum Gasteiger partial charge on any atom is 0.195 e. The average Bonchev–Trinajstić information content (AvgIpc) is 3.12. The van der Waals surface area contributed by atoms with Crippen LogP contribution in [0.5, 0.6) is 5.75 Å². The van der Waals surface area contributed by atoms with Crippen molar-refractivity contribution in [2.24, 2.45) is 0 Å². The topological polar surface area (TPSA) is 83.4 Å². The molecule has 3 aromatic rings. The van der Waals surface area contributed by atoms with E-state index in [1.165, 1.54) is 0 Å². The number of nitrogens with one attached hydrogen (secondary N) is 2. The van der Waals surface area contributed by atoms with E-state index in [9.17, 15) is 4.79 Å². The summed E-state index contributed by atoms with van der Waals surface area (Å²) < 4.78 is 5.72. The number of methoxy groups -OCH3 is 1. The Hall–Kier alpha value is -2.99. The van der Waals surface area contributed by atoms with Crippen molar-refractivity contribution in [3.63, 3.8) is 0 Å². The fraction of sp³-hybridized carbons (Fsp3) is 0.348. The van der Waals surface area contributed by atoms with E-state index in [4.69, 9.17) is 10.5 Å². The molecule has 2 aliphatic rings. The van der Waals surface area contributed by atoms with E-state index in [0.717, 1.165) is 70.9 Å². The van der Waals surface area contributed by atoms with Crippen molar-refractivity contribution < 1.29 is 9.53 Å². The number of aromatic amines is 1. The number of carbonyl (C=O) groups excluding carboxylic acids is 1. The predicted octanol–water partition coefficient (Wildman–Crippen LogP) is 3.04. The molecule has 5 rings (SSSR count). The van der Waals surface area contributed by atoms with Gasteiger partial charge in [-0.1, -0.05) is 19.9 Å². The molecule has 1 fully saturated rings. The number of ketones is 1. The van der Waals surface area contributed by atoms with Crippen LogP contribution in [0.4, 0.5) is 11.4 Å². The third-order valence-corrected chi connectivity index (χ3v) is 6.37. The molecule has 0 amide bonds. The second-order valence-corrected chi connectivity index (χ2v) is 8.44. The zero-order chi connectivity index (χ0) is 20.3. The summed E-state index contributed by atoms with van der Waals surface area (Å²) in [7, 11) is 1.67. The number of aromatic nitrogens is 1. The van der Waals surface area contributed by atoms with Crippen molar-refractivity contribution in [3.05, 3.63) is 52.7 Å². The van der Waals surface area contributed by atoms with Gasteiger partial charge in [0.25, 0.3) is 0 Å². The molecule has 1 aliphatic heterocycles. The van der Waals surface area contributed by atoms with Gasteiger partial charge in [0.15, 0.2) is 5.78 Å². The lowest BCUT2D eigenvalue weighted by atomic mass is 9.71. The highest BCUT2D eigenvalue weighted by Crippen LogP contribution is 2.47. The first-order valence-corrected chi connectivity index (χ1v) is 10.1. The molecule has 4 N–H and O–H groups in total. The van der Waals surface area contributed by atoms with E-state index in [-0.39, 0.29) is 11.2 Å². The number of benzene rings is 2. The number of piperazine rings is 1. The van der Waals surface area contributed by atoms with E-state index in [1.807, 2.05) is 24.3 Å². The Morgan fingerprint density at radius 3 is 2.62 bits per heavy atom. The standard InChI is InChI=1S/C23H26N4O2/c1-23(2)16-12-18(27-8-6-25-7-9-27)19(29-3)11-15(16)21(28)20-14-5-4-13(24)10-17(14)26-22(20)23/h4-5,10-12,25-26H,6-9,24H2,1-3H3. The van der Waals surface area contributed by atoms with E-state index in [0.29, 0.717) is 5.69 Å². The second-order valence-electron chi connectivity index (χ2n) is 8.44. The zero-order valence-electron chi connectivity index (χ0n) is 17.1. The van der Waals surface area contributed by atoms with Crippen LogP contribution in [0, 0.1) is 0 Å². The van der Waals surface area contributed by atoms with Gasteiger partial charge >= 0.3 is 0 Å². The zero-order valence-corrected chi connectivity index (χ0v) is 17.1.